The van der Waals surface area contributed by atoms with Crippen LogP contribution >= 0.6 is 11.8 Å². The van der Waals surface area contributed by atoms with Crippen molar-refractivity contribution in [2.75, 3.05) is 39.2 Å². The summed E-state index contributed by atoms with van der Waals surface area (Å²) in [7, 11) is 1.29. The number of hydrogen-bond donors (Lipinski definition) is 0. The molecule has 20 heavy (non-hydrogen) atoms. The molecule has 1 aliphatic rings. The van der Waals surface area contributed by atoms with Gasteiger partial charge in [-0.3, -0.25) is 9.59 Å². The maximum absolute atomic E-state index is 12.0. The maximum atomic E-state index is 12.0. The van der Waals surface area contributed by atoms with E-state index in [4.69, 9.17) is 4.74 Å². The highest BCUT2D eigenvalue weighted by Gasteiger charge is 2.19. The van der Waals surface area contributed by atoms with Crippen LogP contribution in [0.5, 0.6) is 0 Å². The molecule has 9 nitrogen and oxygen atoms in total. The first-order chi connectivity index (χ1) is 9.70. The van der Waals surface area contributed by atoms with E-state index in [1.54, 1.807) is 4.90 Å². The van der Waals surface area contributed by atoms with Crippen LogP contribution in [0.15, 0.2) is 5.16 Å². The fraction of sp³-hybridized carbons (Fsp3) is 0.700. The quantitative estimate of drug-likeness (QED) is 0.494. The van der Waals surface area contributed by atoms with Gasteiger partial charge in [0.1, 0.15) is 6.54 Å². The molecular weight excluding hydrogens is 286 g/mol. The number of tetrazole rings is 1. The highest BCUT2D eigenvalue weighted by molar-refractivity contribution is 7.99. The van der Waals surface area contributed by atoms with Crippen LogP contribution in [0.25, 0.3) is 0 Å². The smallest absolute Gasteiger partial charge is 0.327 e. The normalized spacial score (nSPS) is 15.2. The summed E-state index contributed by atoms with van der Waals surface area (Å²) < 4.78 is 11.0. The van der Waals surface area contributed by atoms with Gasteiger partial charge in [0, 0.05) is 13.1 Å². The molecule has 0 radical (unpaired) electrons. The number of morpholine rings is 1. The molecule has 2 heterocycles. The number of carbonyl (C=O) groups excluding carboxylic acids is 2. The van der Waals surface area contributed by atoms with Crippen molar-refractivity contribution in [3.63, 3.8) is 0 Å². The van der Waals surface area contributed by atoms with Gasteiger partial charge in [-0.1, -0.05) is 11.8 Å². The predicted molar refractivity (Wildman–Crippen MR) is 68.0 cm³/mol. The van der Waals surface area contributed by atoms with Gasteiger partial charge in [-0.25, -0.2) is 4.68 Å². The lowest BCUT2D eigenvalue weighted by Crippen LogP contribution is -2.41. The van der Waals surface area contributed by atoms with Crippen LogP contribution in [-0.2, 0) is 25.6 Å². The average Bonchev–Trinajstić information content (AvgIpc) is 2.92. The monoisotopic (exact) mass is 301 g/mol. The Kier molecular flexibility index (Phi) is 5.30. The average molecular weight is 301 g/mol. The van der Waals surface area contributed by atoms with Crippen LogP contribution in [0.2, 0.25) is 0 Å². The van der Waals surface area contributed by atoms with E-state index in [-0.39, 0.29) is 18.2 Å². The van der Waals surface area contributed by atoms with Crippen molar-refractivity contribution in [2.45, 2.75) is 11.7 Å². The van der Waals surface area contributed by atoms with Gasteiger partial charge in [0.15, 0.2) is 0 Å². The van der Waals surface area contributed by atoms with E-state index in [9.17, 15) is 9.59 Å². The Morgan fingerprint density at radius 1 is 1.40 bits per heavy atom. The zero-order chi connectivity index (χ0) is 14.4. The van der Waals surface area contributed by atoms with E-state index >= 15 is 0 Å². The van der Waals surface area contributed by atoms with Crippen LogP contribution in [0, 0.1) is 0 Å². The standard InChI is InChI=1S/C10H15N5O4S/c1-18-9(17)6-15-10(11-12-13-15)20-7-8(16)14-2-4-19-5-3-14/h2-7H2,1H3. The molecular formula is C10H15N5O4S. The Morgan fingerprint density at radius 3 is 2.85 bits per heavy atom. The topological polar surface area (TPSA) is 99.4 Å². The minimum atomic E-state index is -0.446. The summed E-state index contributed by atoms with van der Waals surface area (Å²) in [5.41, 5.74) is 0. The summed E-state index contributed by atoms with van der Waals surface area (Å²) in [5, 5.41) is 11.4. The summed E-state index contributed by atoms with van der Waals surface area (Å²) in [6.07, 6.45) is 0. The first-order valence-electron chi connectivity index (χ1n) is 6.02. The third-order valence-electron chi connectivity index (χ3n) is 2.69. The van der Waals surface area contributed by atoms with Gasteiger partial charge in [0.2, 0.25) is 11.1 Å². The molecule has 1 aromatic rings. The molecule has 0 aromatic carbocycles. The lowest BCUT2D eigenvalue weighted by atomic mass is 10.4. The first-order valence-corrected chi connectivity index (χ1v) is 7.00. The summed E-state index contributed by atoms with van der Waals surface area (Å²) in [6, 6.07) is 0. The van der Waals surface area contributed by atoms with Gasteiger partial charge < -0.3 is 14.4 Å². The Bertz CT molecular complexity index is 474. The molecule has 110 valence electrons. The largest absolute Gasteiger partial charge is 0.468 e. The minimum Gasteiger partial charge on any atom is -0.468 e. The maximum Gasteiger partial charge on any atom is 0.327 e. The number of carbonyl (C=O) groups is 2. The van der Waals surface area contributed by atoms with E-state index in [0.717, 1.165) is 0 Å². The lowest BCUT2D eigenvalue weighted by Gasteiger charge is -2.26. The zero-order valence-corrected chi connectivity index (χ0v) is 11.8. The number of nitrogens with zero attached hydrogens (tertiary/aromatic N) is 5. The number of methoxy groups -OCH3 is 1. The van der Waals surface area contributed by atoms with Crippen molar-refractivity contribution < 1.29 is 19.1 Å². The molecule has 0 atom stereocenters. The number of esters is 1. The van der Waals surface area contributed by atoms with E-state index < -0.39 is 5.97 Å². The van der Waals surface area contributed by atoms with Crippen molar-refractivity contribution in [2.24, 2.45) is 0 Å². The molecule has 1 fully saturated rings. The van der Waals surface area contributed by atoms with Gasteiger partial charge >= 0.3 is 5.97 Å². The fourth-order valence-corrected chi connectivity index (χ4v) is 2.40. The van der Waals surface area contributed by atoms with Crippen molar-refractivity contribution >= 4 is 23.6 Å². The second kappa shape index (κ2) is 7.20. The highest BCUT2D eigenvalue weighted by atomic mass is 32.2. The molecule has 1 aromatic heterocycles. The molecule has 0 aliphatic carbocycles. The van der Waals surface area contributed by atoms with Crippen LogP contribution < -0.4 is 0 Å². The molecule has 0 unspecified atom stereocenters. The third-order valence-corrected chi connectivity index (χ3v) is 3.64. The van der Waals surface area contributed by atoms with Gasteiger partial charge in [-0.15, -0.1) is 5.10 Å². The predicted octanol–water partition coefficient (Wildman–Crippen LogP) is -1.20. The van der Waals surface area contributed by atoms with Crippen LogP contribution in [0.4, 0.5) is 0 Å². The van der Waals surface area contributed by atoms with Gasteiger partial charge in [-0.05, 0) is 10.4 Å². The van der Waals surface area contributed by atoms with Crippen LogP contribution in [0.3, 0.4) is 0 Å². The van der Waals surface area contributed by atoms with Crippen molar-refractivity contribution in [1.29, 1.82) is 0 Å². The number of aromatic nitrogens is 4. The second-order valence-electron chi connectivity index (χ2n) is 3.98. The zero-order valence-electron chi connectivity index (χ0n) is 11.0. The Morgan fingerprint density at radius 2 is 2.15 bits per heavy atom. The number of thioether (sulfide) groups is 1. The van der Waals surface area contributed by atoms with Gasteiger partial charge in [-0.2, -0.15) is 0 Å². The number of rotatable bonds is 5. The van der Waals surface area contributed by atoms with Crippen LogP contribution in [-0.4, -0.2) is 76.1 Å². The minimum absolute atomic E-state index is 0.00548. The number of ether oxygens (including phenoxy) is 2. The fourth-order valence-electron chi connectivity index (χ4n) is 1.62. The van der Waals surface area contributed by atoms with Gasteiger partial charge in [0.05, 0.1) is 26.1 Å². The number of amides is 1. The summed E-state index contributed by atoms with van der Waals surface area (Å²) in [6.45, 7) is 2.27. The SMILES string of the molecule is COC(=O)Cn1nnnc1SCC(=O)N1CCOCC1. The second-order valence-corrected chi connectivity index (χ2v) is 4.92. The summed E-state index contributed by atoms with van der Waals surface area (Å²) in [5.74, 6) is -0.216. The Hall–Kier alpha value is -1.68. The summed E-state index contributed by atoms with van der Waals surface area (Å²) >= 11 is 1.19. The van der Waals surface area contributed by atoms with Crippen LogP contribution in [0.1, 0.15) is 0 Å². The third kappa shape index (κ3) is 3.90. The molecule has 1 aliphatic heterocycles. The molecule has 0 saturated carbocycles. The first kappa shape index (κ1) is 14.7. The highest BCUT2D eigenvalue weighted by Crippen LogP contribution is 2.14. The molecule has 1 saturated heterocycles. The summed E-state index contributed by atoms with van der Waals surface area (Å²) in [4.78, 5) is 24.9. The van der Waals surface area contributed by atoms with Crippen molar-refractivity contribution in [1.82, 2.24) is 25.1 Å². The van der Waals surface area contributed by atoms with E-state index in [2.05, 4.69) is 20.3 Å². The molecule has 2 rings (SSSR count). The lowest BCUT2D eigenvalue weighted by molar-refractivity contribution is -0.141. The van der Waals surface area contributed by atoms with Crippen molar-refractivity contribution in [3.05, 3.63) is 0 Å². The molecule has 1 amide bonds. The van der Waals surface area contributed by atoms with E-state index in [1.807, 2.05) is 0 Å². The molecule has 0 bridgehead atoms. The van der Waals surface area contributed by atoms with Crippen molar-refractivity contribution in [3.8, 4) is 0 Å². The van der Waals surface area contributed by atoms with E-state index in [1.165, 1.54) is 23.6 Å². The van der Waals surface area contributed by atoms with E-state index in [0.29, 0.717) is 31.5 Å². The Balaban J connectivity index is 1.85. The molecule has 10 heteroatoms. The molecule has 0 N–H and O–H groups in total. The number of hydrogen-bond acceptors (Lipinski definition) is 8. The van der Waals surface area contributed by atoms with Gasteiger partial charge in [0.25, 0.3) is 0 Å². The Labute approximate surface area is 119 Å². The molecule has 0 spiro atoms.